The van der Waals surface area contributed by atoms with E-state index < -0.39 is 22.4 Å². The first-order chi connectivity index (χ1) is 9.97. The molecule has 1 aromatic heterocycles. The molecule has 0 aliphatic rings. The van der Waals surface area contributed by atoms with Crippen molar-refractivity contribution in [2.24, 2.45) is 0 Å². The molecule has 0 unspecified atom stereocenters. The average Bonchev–Trinajstić information content (AvgIpc) is 2.95. The van der Waals surface area contributed by atoms with E-state index in [0.29, 0.717) is 6.07 Å². The molecule has 0 fully saturated rings. The fourth-order valence-electron chi connectivity index (χ4n) is 1.58. The van der Waals surface area contributed by atoms with Crippen molar-refractivity contribution in [3.63, 3.8) is 0 Å². The Morgan fingerprint density at radius 2 is 2.14 bits per heavy atom. The molecule has 0 radical (unpaired) electrons. The Morgan fingerprint density at radius 1 is 1.43 bits per heavy atom. The standard InChI is InChI=1S/C11H9FN4O5/c1-20-9-4-7(6(12)3-8(9)16(18)19)15-5-13-10(14-15)11(17)21-2/h3-5H,1-2H3. The summed E-state index contributed by atoms with van der Waals surface area (Å²) in [6.45, 7) is 0. The summed E-state index contributed by atoms with van der Waals surface area (Å²) in [6, 6.07) is 1.79. The Hall–Kier alpha value is -3.04. The van der Waals surface area contributed by atoms with E-state index in [1.54, 1.807) is 0 Å². The molecular weight excluding hydrogens is 287 g/mol. The number of nitrogens with zero attached hydrogens (tertiary/aromatic N) is 4. The first-order valence-corrected chi connectivity index (χ1v) is 5.50. The summed E-state index contributed by atoms with van der Waals surface area (Å²) >= 11 is 0. The maximum atomic E-state index is 13.9. The summed E-state index contributed by atoms with van der Waals surface area (Å²) in [5.74, 6) is -2.12. The highest BCUT2D eigenvalue weighted by Gasteiger charge is 2.21. The van der Waals surface area contributed by atoms with Crippen molar-refractivity contribution >= 4 is 11.7 Å². The van der Waals surface area contributed by atoms with Crippen molar-refractivity contribution in [1.29, 1.82) is 0 Å². The van der Waals surface area contributed by atoms with Crippen molar-refractivity contribution < 1.29 is 23.6 Å². The van der Waals surface area contributed by atoms with E-state index in [9.17, 15) is 19.3 Å². The van der Waals surface area contributed by atoms with Crippen LogP contribution >= 0.6 is 0 Å². The summed E-state index contributed by atoms with van der Waals surface area (Å²) < 4.78 is 24.2. The molecule has 21 heavy (non-hydrogen) atoms. The number of nitro groups is 1. The second-order valence-electron chi connectivity index (χ2n) is 3.74. The number of nitro benzene ring substituents is 1. The molecule has 0 bridgehead atoms. The average molecular weight is 296 g/mol. The third-order valence-corrected chi connectivity index (χ3v) is 2.55. The van der Waals surface area contributed by atoms with Gasteiger partial charge in [-0.15, -0.1) is 5.10 Å². The van der Waals surface area contributed by atoms with Crippen molar-refractivity contribution in [2.45, 2.75) is 0 Å². The summed E-state index contributed by atoms with van der Waals surface area (Å²) in [5, 5.41) is 14.5. The molecule has 0 N–H and O–H groups in total. The zero-order valence-corrected chi connectivity index (χ0v) is 10.9. The number of methoxy groups -OCH3 is 2. The number of halogens is 1. The number of rotatable bonds is 4. The quantitative estimate of drug-likeness (QED) is 0.472. The van der Waals surface area contributed by atoms with Gasteiger partial charge in [-0.2, -0.15) is 0 Å². The van der Waals surface area contributed by atoms with Crippen LogP contribution in [0.5, 0.6) is 5.75 Å². The zero-order valence-electron chi connectivity index (χ0n) is 10.9. The molecular formula is C11H9FN4O5. The lowest BCUT2D eigenvalue weighted by molar-refractivity contribution is -0.385. The Morgan fingerprint density at radius 3 is 2.71 bits per heavy atom. The molecule has 1 heterocycles. The summed E-state index contributed by atoms with van der Waals surface area (Å²) in [6.07, 6.45) is 1.08. The van der Waals surface area contributed by atoms with Gasteiger partial charge in [-0.1, -0.05) is 0 Å². The van der Waals surface area contributed by atoms with Crippen molar-refractivity contribution in [3.8, 4) is 11.4 Å². The smallest absolute Gasteiger partial charge is 0.377 e. The number of carbonyl (C=O) groups is 1. The fraction of sp³-hybridized carbons (Fsp3) is 0.182. The topological polar surface area (TPSA) is 109 Å². The van der Waals surface area contributed by atoms with Gasteiger partial charge in [0.15, 0.2) is 11.6 Å². The van der Waals surface area contributed by atoms with Gasteiger partial charge < -0.3 is 9.47 Å². The molecule has 0 amide bonds. The van der Waals surface area contributed by atoms with E-state index in [0.717, 1.165) is 24.2 Å². The minimum absolute atomic E-state index is 0.147. The van der Waals surface area contributed by atoms with E-state index in [4.69, 9.17) is 4.74 Å². The van der Waals surface area contributed by atoms with Crippen LogP contribution < -0.4 is 4.74 Å². The molecule has 10 heteroatoms. The highest BCUT2D eigenvalue weighted by molar-refractivity contribution is 5.84. The molecule has 2 aromatic rings. The van der Waals surface area contributed by atoms with Gasteiger partial charge in [0.25, 0.3) is 5.82 Å². The number of benzene rings is 1. The SMILES string of the molecule is COC(=O)c1ncn(-c2cc(OC)c([N+](=O)[O-])cc2F)n1. The zero-order chi connectivity index (χ0) is 15.6. The van der Waals surface area contributed by atoms with Crippen LogP contribution in [0.25, 0.3) is 5.69 Å². The van der Waals surface area contributed by atoms with Crippen LogP contribution in [0.3, 0.4) is 0 Å². The Labute approximate surface area is 117 Å². The maximum Gasteiger partial charge on any atom is 0.377 e. The van der Waals surface area contributed by atoms with Crippen molar-refractivity contribution in [2.75, 3.05) is 14.2 Å². The van der Waals surface area contributed by atoms with Gasteiger partial charge in [-0.3, -0.25) is 10.1 Å². The second-order valence-corrected chi connectivity index (χ2v) is 3.74. The van der Waals surface area contributed by atoms with Gasteiger partial charge in [0.2, 0.25) is 0 Å². The van der Waals surface area contributed by atoms with Crippen LogP contribution in [-0.4, -0.2) is 39.9 Å². The van der Waals surface area contributed by atoms with Crippen LogP contribution in [0.1, 0.15) is 10.6 Å². The molecule has 1 aromatic carbocycles. The third kappa shape index (κ3) is 2.63. The van der Waals surface area contributed by atoms with Gasteiger partial charge >= 0.3 is 11.7 Å². The van der Waals surface area contributed by atoms with Gasteiger partial charge in [-0.25, -0.2) is 18.9 Å². The molecule has 0 spiro atoms. The minimum Gasteiger partial charge on any atom is -0.490 e. The first kappa shape index (κ1) is 14.4. The predicted molar refractivity (Wildman–Crippen MR) is 65.9 cm³/mol. The van der Waals surface area contributed by atoms with E-state index in [2.05, 4.69) is 14.8 Å². The second kappa shape index (κ2) is 5.53. The van der Waals surface area contributed by atoms with Crippen molar-refractivity contribution in [1.82, 2.24) is 14.8 Å². The molecule has 0 saturated heterocycles. The van der Waals surface area contributed by atoms with Crippen LogP contribution in [0.4, 0.5) is 10.1 Å². The molecule has 0 aliphatic heterocycles. The number of esters is 1. The van der Waals surface area contributed by atoms with Gasteiger partial charge in [0.1, 0.15) is 12.0 Å². The van der Waals surface area contributed by atoms with Gasteiger partial charge in [0.05, 0.1) is 25.2 Å². The number of hydrogen-bond donors (Lipinski definition) is 0. The first-order valence-electron chi connectivity index (χ1n) is 5.50. The largest absolute Gasteiger partial charge is 0.490 e. The Kier molecular flexibility index (Phi) is 3.78. The van der Waals surface area contributed by atoms with E-state index >= 15 is 0 Å². The van der Waals surface area contributed by atoms with Crippen LogP contribution in [0.15, 0.2) is 18.5 Å². The number of carbonyl (C=O) groups excluding carboxylic acids is 1. The van der Waals surface area contributed by atoms with E-state index in [1.807, 2.05) is 0 Å². The minimum atomic E-state index is -0.913. The Bertz CT molecular complexity index is 715. The van der Waals surface area contributed by atoms with E-state index in [-0.39, 0.29) is 17.3 Å². The molecule has 0 aliphatic carbocycles. The lowest BCUT2D eigenvalue weighted by Gasteiger charge is -2.06. The van der Waals surface area contributed by atoms with Crippen LogP contribution in [0, 0.1) is 15.9 Å². The molecule has 0 atom stereocenters. The number of aromatic nitrogens is 3. The van der Waals surface area contributed by atoms with Crippen LogP contribution in [-0.2, 0) is 4.74 Å². The lowest BCUT2D eigenvalue weighted by atomic mass is 10.2. The number of hydrogen-bond acceptors (Lipinski definition) is 7. The summed E-state index contributed by atoms with van der Waals surface area (Å²) in [5.41, 5.74) is -0.674. The number of ether oxygens (including phenoxy) is 2. The molecule has 0 saturated carbocycles. The third-order valence-electron chi connectivity index (χ3n) is 2.55. The van der Waals surface area contributed by atoms with Crippen molar-refractivity contribution in [3.05, 3.63) is 40.2 Å². The highest BCUT2D eigenvalue weighted by atomic mass is 19.1. The molecule has 9 nitrogen and oxygen atoms in total. The van der Waals surface area contributed by atoms with E-state index in [1.165, 1.54) is 7.11 Å². The van der Waals surface area contributed by atoms with Gasteiger partial charge in [0, 0.05) is 6.07 Å². The fourth-order valence-corrected chi connectivity index (χ4v) is 1.58. The summed E-state index contributed by atoms with van der Waals surface area (Å²) in [7, 11) is 2.36. The monoisotopic (exact) mass is 296 g/mol. The van der Waals surface area contributed by atoms with Crippen LogP contribution in [0.2, 0.25) is 0 Å². The maximum absolute atomic E-state index is 13.9. The highest BCUT2D eigenvalue weighted by Crippen LogP contribution is 2.31. The lowest BCUT2D eigenvalue weighted by Crippen LogP contribution is -2.06. The molecule has 110 valence electrons. The predicted octanol–water partition coefficient (Wildman–Crippen LogP) is 1.11. The van der Waals surface area contributed by atoms with Gasteiger partial charge in [-0.05, 0) is 0 Å². The Balaban J connectivity index is 2.51. The normalized spacial score (nSPS) is 10.2. The molecule has 2 rings (SSSR count). The summed E-state index contributed by atoms with van der Waals surface area (Å²) in [4.78, 5) is 24.9.